The van der Waals surface area contributed by atoms with Crippen molar-refractivity contribution in [2.24, 2.45) is 0 Å². The second-order valence-electron chi connectivity index (χ2n) is 12.8. The first kappa shape index (κ1) is 27.6. The third-order valence-corrected chi connectivity index (χ3v) is 9.96. The van der Waals surface area contributed by atoms with Gasteiger partial charge in [0.1, 0.15) is 0 Å². The molecule has 0 spiro atoms. The standard InChI is InChI=1S/C47H30N2/c1-2-14-37(15-3-1)49-44-20-9-7-17-39(44)42-30-36(26-28-45(42)49)35-13-10-12-34(29-35)31-21-23-33(24-22-31)47-41-27-25-32-11-4-5-16-38(32)46(41)40-18-6-8-19-43(40)48-47/h1-30H. The van der Waals surface area contributed by atoms with Gasteiger partial charge in [0.2, 0.25) is 0 Å². The zero-order valence-electron chi connectivity index (χ0n) is 26.7. The zero-order valence-corrected chi connectivity index (χ0v) is 26.7. The van der Waals surface area contributed by atoms with Gasteiger partial charge in [-0.15, -0.1) is 0 Å². The van der Waals surface area contributed by atoms with E-state index in [0.717, 1.165) is 16.8 Å². The second-order valence-corrected chi connectivity index (χ2v) is 12.8. The number of pyridine rings is 1. The van der Waals surface area contributed by atoms with Crippen molar-refractivity contribution < 1.29 is 0 Å². The second kappa shape index (κ2) is 11.0. The lowest BCUT2D eigenvalue weighted by atomic mass is 9.94. The van der Waals surface area contributed by atoms with Gasteiger partial charge in [-0.25, -0.2) is 4.98 Å². The van der Waals surface area contributed by atoms with Crippen LogP contribution in [0.2, 0.25) is 0 Å². The summed E-state index contributed by atoms with van der Waals surface area (Å²) in [5.74, 6) is 0. The molecule has 0 saturated heterocycles. The molecular formula is C47H30N2. The number of fused-ring (bicyclic) bond motifs is 8. The Bertz CT molecular complexity index is 2850. The Balaban J connectivity index is 1.05. The molecule has 8 aromatic carbocycles. The number of rotatable bonds is 4. The van der Waals surface area contributed by atoms with Gasteiger partial charge in [0.25, 0.3) is 0 Å². The highest BCUT2D eigenvalue weighted by molar-refractivity contribution is 6.22. The molecule has 2 nitrogen and oxygen atoms in total. The van der Waals surface area contributed by atoms with Gasteiger partial charge in [-0.3, -0.25) is 0 Å². The molecule has 10 rings (SSSR count). The van der Waals surface area contributed by atoms with Gasteiger partial charge in [0, 0.05) is 38.2 Å². The van der Waals surface area contributed by atoms with Crippen molar-refractivity contribution in [1.29, 1.82) is 0 Å². The Morgan fingerprint density at radius 2 is 0.980 bits per heavy atom. The molecule has 0 unspecified atom stereocenters. The van der Waals surface area contributed by atoms with E-state index >= 15 is 0 Å². The molecule has 0 aliphatic rings. The molecule has 49 heavy (non-hydrogen) atoms. The van der Waals surface area contributed by atoms with Crippen molar-refractivity contribution in [3.8, 4) is 39.2 Å². The van der Waals surface area contributed by atoms with Crippen molar-refractivity contribution in [2.45, 2.75) is 0 Å². The summed E-state index contributed by atoms with van der Waals surface area (Å²) in [6.07, 6.45) is 0. The molecule has 0 radical (unpaired) electrons. The predicted octanol–water partition coefficient (Wildman–Crippen LogP) is 12.6. The van der Waals surface area contributed by atoms with Crippen LogP contribution in [-0.4, -0.2) is 9.55 Å². The van der Waals surface area contributed by atoms with Crippen LogP contribution < -0.4 is 0 Å². The van der Waals surface area contributed by atoms with Crippen molar-refractivity contribution >= 4 is 54.3 Å². The minimum atomic E-state index is 1.02. The topological polar surface area (TPSA) is 17.8 Å². The van der Waals surface area contributed by atoms with Crippen LogP contribution in [0.4, 0.5) is 0 Å². The number of aromatic nitrogens is 2. The molecule has 0 aliphatic carbocycles. The van der Waals surface area contributed by atoms with Crippen LogP contribution in [0.5, 0.6) is 0 Å². The molecule has 0 saturated carbocycles. The van der Waals surface area contributed by atoms with Gasteiger partial charge in [-0.05, 0) is 75.5 Å². The summed E-state index contributed by atoms with van der Waals surface area (Å²) in [6.45, 7) is 0. The van der Waals surface area contributed by atoms with Crippen LogP contribution in [0.1, 0.15) is 0 Å². The number of hydrogen-bond acceptors (Lipinski definition) is 1. The quantitative estimate of drug-likeness (QED) is 0.179. The highest BCUT2D eigenvalue weighted by Gasteiger charge is 2.15. The Morgan fingerprint density at radius 1 is 0.347 bits per heavy atom. The number of nitrogens with zero attached hydrogens (tertiary/aromatic N) is 2. The van der Waals surface area contributed by atoms with E-state index in [1.807, 2.05) is 0 Å². The Kier molecular flexibility index (Phi) is 6.22. The van der Waals surface area contributed by atoms with E-state index in [9.17, 15) is 0 Å². The van der Waals surface area contributed by atoms with Crippen molar-refractivity contribution in [2.75, 3.05) is 0 Å². The van der Waals surface area contributed by atoms with Gasteiger partial charge < -0.3 is 4.57 Å². The molecule has 10 aromatic rings. The summed E-state index contributed by atoms with van der Waals surface area (Å²) in [6, 6.07) is 65.6. The molecular weight excluding hydrogens is 593 g/mol. The number of hydrogen-bond donors (Lipinski definition) is 0. The van der Waals surface area contributed by atoms with Gasteiger partial charge in [0.15, 0.2) is 0 Å². The van der Waals surface area contributed by atoms with Crippen LogP contribution in [0.15, 0.2) is 182 Å². The smallest absolute Gasteiger partial charge is 0.0788 e. The van der Waals surface area contributed by atoms with E-state index in [-0.39, 0.29) is 0 Å². The molecule has 0 bridgehead atoms. The van der Waals surface area contributed by atoms with Crippen molar-refractivity contribution in [3.05, 3.63) is 182 Å². The molecule has 0 atom stereocenters. The highest BCUT2D eigenvalue weighted by atomic mass is 15.0. The van der Waals surface area contributed by atoms with E-state index in [2.05, 4.69) is 187 Å². The summed E-state index contributed by atoms with van der Waals surface area (Å²) in [5.41, 5.74) is 11.5. The molecule has 0 amide bonds. The Hall–Kier alpha value is -6.51. The Morgan fingerprint density at radius 3 is 1.84 bits per heavy atom. The fourth-order valence-corrected chi connectivity index (χ4v) is 7.65. The molecule has 0 N–H and O–H groups in total. The van der Waals surface area contributed by atoms with Crippen molar-refractivity contribution in [1.82, 2.24) is 9.55 Å². The van der Waals surface area contributed by atoms with Crippen LogP contribution in [0.3, 0.4) is 0 Å². The summed E-state index contributed by atoms with van der Waals surface area (Å²) < 4.78 is 2.36. The first-order valence-electron chi connectivity index (χ1n) is 16.8. The van der Waals surface area contributed by atoms with E-state index in [0.29, 0.717) is 0 Å². The Labute approximate surface area is 284 Å². The first-order valence-corrected chi connectivity index (χ1v) is 16.8. The van der Waals surface area contributed by atoms with Gasteiger partial charge in [0.05, 0.1) is 22.2 Å². The van der Waals surface area contributed by atoms with Crippen LogP contribution in [-0.2, 0) is 0 Å². The van der Waals surface area contributed by atoms with Crippen LogP contribution >= 0.6 is 0 Å². The molecule has 2 heteroatoms. The molecule has 2 aromatic heterocycles. The predicted molar refractivity (Wildman–Crippen MR) is 207 cm³/mol. The largest absolute Gasteiger partial charge is 0.309 e. The summed E-state index contributed by atoms with van der Waals surface area (Å²) in [7, 11) is 0. The van der Waals surface area contributed by atoms with Gasteiger partial charge in [-0.2, -0.15) is 0 Å². The van der Waals surface area contributed by atoms with Crippen LogP contribution in [0.25, 0.3) is 93.5 Å². The lowest BCUT2D eigenvalue weighted by Gasteiger charge is -2.13. The third-order valence-electron chi connectivity index (χ3n) is 9.96. The fourth-order valence-electron chi connectivity index (χ4n) is 7.65. The minimum absolute atomic E-state index is 1.02. The van der Waals surface area contributed by atoms with E-state index < -0.39 is 0 Å². The maximum Gasteiger partial charge on any atom is 0.0788 e. The summed E-state index contributed by atoms with van der Waals surface area (Å²) >= 11 is 0. The maximum absolute atomic E-state index is 5.20. The summed E-state index contributed by atoms with van der Waals surface area (Å²) in [5, 5.41) is 8.65. The lowest BCUT2D eigenvalue weighted by molar-refractivity contribution is 1.18. The molecule has 2 heterocycles. The third kappa shape index (κ3) is 4.46. The van der Waals surface area contributed by atoms with E-state index in [1.165, 1.54) is 76.7 Å². The molecule has 0 aliphatic heterocycles. The monoisotopic (exact) mass is 622 g/mol. The molecule has 228 valence electrons. The highest BCUT2D eigenvalue weighted by Crippen LogP contribution is 2.39. The first-order chi connectivity index (χ1) is 24.3. The van der Waals surface area contributed by atoms with Crippen LogP contribution in [0, 0.1) is 0 Å². The average Bonchev–Trinajstić information content (AvgIpc) is 3.51. The lowest BCUT2D eigenvalue weighted by Crippen LogP contribution is -1.92. The van der Waals surface area contributed by atoms with E-state index in [1.54, 1.807) is 0 Å². The number of para-hydroxylation sites is 3. The minimum Gasteiger partial charge on any atom is -0.309 e. The maximum atomic E-state index is 5.20. The molecule has 0 fully saturated rings. The van der Waals surface area contributed by atoms with Gasteiger partial charge in [-0.1, -0.05) is 140 Å². The summed E-state index contributed by atoms with van der Waals surface area (Å²) in [4.78, 5) is 5.20. The SMILES string of the molecule is c1ccc(-n2c3ccccc3c3cc(-c4cccc(-c5ccc(-c6nc7ccccc7c7c6ccc6ccccc67)cc5)c4)ccc32)cc1. The average molecular weight is 623 g/mol. The van der Waals surface area contributed by atoms with Gasteiger partial charge >= 0.3 is 0 Å². The fraction of sp³-hybridized carbons (Fsp3) is 0. The zero-order chi connectivity index (χ0) is 32.3. The number of benzene rings is 8. The van der Waals surface area contributed by atoms with Crippen molar-refractivity contribution in [3.63, 3.8) is 0 Å². The van der Waals surface area contributed by atoms with E-state index in [4.69, 9.17) is 4.98 Å². The normalized spacial score (nSPS) is 11.7.